The van der Waals surface area contributed by atoms with Crippen molar-refractivity contribution < 1.29 is 14.3 Å². The van der Waals surface area contributed by atoms with E-state index in [2.05, 4.69) is 34.4 Å². The van der Waals surface area contributed by atoms with Crippen LogP contribution in [-0.4, -0.2) is 81.9 Å². The molecule has 2 heterocycles. The van der Waals surface area contributed by atoms with Gasteiger partial charge in [-0.15, -0.1) is 24.0 Å². The first-order chi connectivity index (χ1) is 15.1. The lowest BCUT2D eigenvalue weighted by Crippen LogP contribution is -2.49. The number of amides is 1. The van der Waals surface area contributed by atoms with Crippen molar-refractivity contribution in [3.05, 3.63) is 24.3 Å². The molecular weight excluding hydrogens is 521 g/mol. The Morgan fingerprint density at radius 2 is 2.00 bits per heavy atom. The van der Waals surface area contributed by atoms with E-state index in [9.17, 15) is 4.79 Å². The molecule has 9 heteroatoms. The van der Waals surface area contributed by atoms with Crippen molar-refractivity contribution in [1.29, 1.82) is 0 Å². The van der Waals surface area contributed by atoms with Gasteiger partial charge in [-0.1, -0.05) is 12.1 Å². The first kappa shape index (κ1) is 26.7. The molecule has 0 aromatic heterocycles. The number of likely N-dealkylation sites (tertiary alicyclic amines) is 1. The summed E-state index contributed by atoms with van der Waals surface area (Å²) in [5.41, 5.74) is 0.854. The lowest BCUT2D eigenvalue weighted by atomic mass is 10.1. The number of carbonyl (C=O) groups is 1. The van der Waals surface area contributed by atoms with Crippen LogP contribution in [0.5, 0.6) is 5.75 Å². The van der Waals surface area contributed by atoms with Crippen LogP contribution >= 0.6 is 24.0 Å². The van der Waals surface area contributed by atoms with Gasteiger partial charge in [0.15, 0.2) is 12.6 Å². The van der Waals surface area contributed by atoms with Crippen LogP contribution in [0.2, 0.25) is 0 Å². The number of carbonyl (C=O) groups excluding carboxylic acids is 1. The van der Waals surface area contributed by atoms with Crippen LogP contribution < -0.4 is 20.3 Å². The normalized spacial score (nSPS) is 17.6. The Labute approximate surface area is 209 Å². The molecule has 180 valence electrons. The highest BCUT2D eigenvalue weighted by molar-refractivity contribution is 14.0. The minimum absolute atomic E-state index is 0. The van der Waals surface area contributed by atoms with Gasteiger partial charge >= 0.3 is 0 Å². The quantitative estimate of drug-likeness (QED) is 0.210. The van der Waals surface area contributed by atoms with E-state index in [1.807, 2.05) is 29.2 Å². The number of para-hydroxylation sites is 2. The molecule has 32 heavy (non-hydrogen) atoms. The largest absolute Gasteiger partial charge is 0.482 e. The highest BCUT2D eigenvalue weighted by Gasteiger charge is 2.24. The molecule has 8 nitrogen and oxygen atoms in total. The number of ether oxygens (including phenoxy) is 2. The van der Waals surface area contributed by atoms with Crippen LogP contribution in [0.4, 0.5) is 5.69 Å². The molecule has 0 spiro atoms. The fourth-order valence-corrected chi connectivity index (χ4v) is 3.95. The molecule has 1 saturated heterocycles. The molecule has 0 unspecified atom stereocenters. The maximum absolute atomic E-state index is 12.3. The third-order valence-corrected chi connectivity index (χ3v) is 5.67. The number of rotatable bonds is 9. The molecular formula is C23H38IN5O3. The molecule has 2 aliphatic heterocycles. The van der Waals surface area contributed by atoms with Gasteiger partial charge < -0.3 is 29.9 Å². The summed E-state index contributed by atoms with van der Waals surface area (Å²) in [7, 11) is 1.80. The number of fused-ring (bicyclic) bond motifs is 1. The molecule has 3 rings (SSSR count). The second-order valence-electron chi connectivity index (χ2n) is 8.33. The highest BCUT2D eigenvalue weighted by Crippen LogP contribution is 2.31. The van der Waals surface area contributed by atoms with E-state index in [1.54, 1.807) is 7.05 Å². The molecule has 1 fully saturated rings. The average Bonchev–Trinajstić information content (AvgIpc) is 2.78. The number of nitrogens with one attached hydrogen (secondary N) is 2. The number of hydrogen-bond acceptors (Lipinski definition) is 5. The van der Waals surface area contributed by atoms with Crippen LogP contribution in [0.3, 0.4) is 0 Å². The van der Waals surface area contributed by atoms with Crippen molar-refractivity contribution in [2.45, 2.75) is 45.3 Å². The predicted molar refractivity (Wildman–Crippen MR) is 139 cm³/mol. The Balaban J connectivity index is 0.00000363. The first-order valence-corrected chi connectivity index (χ1v) is 11.4. The average molecular weight is 559 g/mol. The third kappa shape index (κ3) is 8.08. The number of nitrogens with zero attached hydrogens (tertiary/aromatic N) is 3. The second-order valence-corrected chi connectivity index (χ2v) is 8.33. The van der Waals surface area contributed by atoms with Gasteiger partial charge in [-0.2, -0.15) is 0 Å². The van der Waals surface area contributed by atoms with Crippen molar-refractivity contribution in [2.24, 2.45) is 4.99 Å². The Bertz CT molecular complexity index is 738. The van der Waals surface area contributed by atoms with Crippen LogP contribution in [0.1, 0.15) is 33.1 Å². The van der Waals surface area contributed by atoms with Crippen LogP contribution in [0.25, 0.3) is 0 Å². The van der Waals surface area contributed by atoms with E-state index in [0.717, 1.165) is 69.4 Å². The lowest BCUT2D eigenvalue weighted by molar-refractivity contribution is -0.121. The lowest BCUT2D eigenvalue weighted by Gasteiger charge is -2.33. The molecule has 1 amide bonds. The van der Waals surface area contributed by atoms with Crippen molar-refractivity contribution in [3.63, 3.8) is 0 Å². The standard InChI is InChI=1S/C23H37N5O3.HI/c1-18(2)30-16-15-27-13-9-19(10-14-27)26-23(24-3)25-11-6-12-28-20-7-4-5-8-21(20)31-17-22(28)29;/h4-5,7-8,18-19H,6,9-17H2,1-3H3,(H2,24,25,26);1H. The number of benzene rings is 1. The molecule has 0 atom stereocenters. The van der Waals surface area contributed by atoms with E-state index >= 15 is 0 Å². The zero-order valence-corrected chi connectivity index (χ0v) is 21.8. The van der Waals surface area contributed by atoms with E-state index < -0.39 is 0 Å². The Morgan fingerprint density at radius 1 is 1.25 bits per heavy atom. The number of aliphatic imine (C=N–C) groups is 1. The summed E-state index contributed by atoms with van der Waals surface area (Å²) in [4.78, 5) is 20.9. The van der Waals surface area contributed by atoms with Crippen LogP contribution in [0, 0.1) is 0 Å². The van der Waals surface area contributed by atoms with Gasteiger partial charge in [-0.3, -0.25) is 9.79 Å². The fourth-order valence-electron chi connectivity index (χ4n) is 3.95. The Hall–Kier alpha value is -1.59. The maximum Gasteiger partial charge on any atom is 0.265 e. The second kappa shape index (κ2) is 13.8. The molecule has 1 aromatic rings. The van der Waals surface area contributed by atoms with Crippen molar-refractivity contribution in [1.82, 2.24) is 15.5 Å². The monoisotopic (exact) mass is 559 g/mol. The van der Waals surface area contributed by atoms with Crippen molar-refractivity contribution in [2.75, 3.05) is 57.9 Å². The zero-order chi connectivity index (χ0) is 22.1. The molecule has 0 saturated carbocycles. The van der Waals surface area contributed by atoms with Gasteiger partial charge in [-0.05, 0) is 45.2 Å². The number of hydrogen-bond donors (Lipinski definition) is 2. The number of guanidine groups is 1. The van der Waals surface area contributed by atoms with Crippen LogP contribution in [-0.2, 0) is 9.53 Å². The number of anilines is 1. The summed E-state index contributed by atoms with van der Waals surface area (Å²) in [6, 6.07) is 8.12. The Morgan fingerprint density at radius 3 is 2.72 bits per heavy atom. The summed E-state index contributed by atoms with van der Waals surface area (Å²) >= 11 is 0. The molecule has 1 aromatic carbocycles. The van der Waals surface area contributed by atoms with E-state index in [-0.39, 0.29) is 36.5 Å². The molecule has 0 aliphatic carbocycles. The summed E-state index contributed by atoms with van der Waals surface area (Å²) < 4.78 is 11.2. The van der Waals surface area contributed by atoms with Crippen LogP contribution in [0.15, 0.2) is 29.3 Å². The van der Waals surface area contributed by atoms with Gasteiger partial charge in [-0.25, -0.2) is 0 Å². The number of piperidine rings is 1. The number of halogens is 1. The van der Waals surface area contributed by atoms with Crippen molar-refractivity contribution >= 4 is 41.5 Å². The highest BCUT2D eigenvalue weighted by atomic mass is 127. The summed E-state index contributed by atoms with van der Waals surface area (Å²) in [6.45, 7) is 9.62. The minimum atomic E-state index is 0. The van der Waals surface area contributed by atoms with Gasteiger partial charge in [0.05, 0.1) is 18.4 Å². The first-order valence-electron chi connectivity index (χ1n) is 11.4. The van der Waals surface area contributed by atoms with Gasteiger partial charge in [0.2, 0.25) is 0 Å². The summed E-state index contributed by atoms with van der Waals surface area (Å²) in [6.07, 6.45) is 3.32. The van der Waals surface area contributed by atoms with E-state index in [0.29, 0.717) is 18.7 Å². The summed E-state index contributed by atoms with van der Waals surface area (Å²) in [5.74, 6) is 1.61. The smallest absolute Gasteiger partial charge is 0.265 e. The zero-order valence-electron chi connectivity index (χ0n) is 19.5. The fraction of sp³-hybridized carbons (Fsp3) is 0.652. The van der Waals surface area contributed by atoms with E-state index in [4.69, 9.17) is 9.47 Å². The Kier molecular flexibility index (Phi) is 11.5. The third-order valence-electron chi connectivity index (χ3n) is 5.67. The van der Waals surface area contributed by atoms with Gasteiger partial charge in [0.25, 0.3) is 5.91 Å². The molecule has 2 N–H and O–H groups in total. The SMILES string of the molecule is CN=C(NCCCN1C(=O)COc2ccccc21)NC1CCN(CCOC(C)C)CC1.I. The molecule has 0 bridgehead atoms. The summed E-state index contributed by atoms with van der Waals surface area (Å²) in [5, 5.41) is 6.93. The molecule has 2 aliphatic rings. The predicted octanol–water partition coefficient (Wildman–Crippen LogP) is 2.47. The molecule has 0 radical (unpaired) electrons. The topological polar surface area (TPSA) is 78.4 Å². The van der Waals surface area contributed by atoms with Crippen molar-refractivity contribution in [3.8, 4) is 5.75 Å². The van der Waals surface area contributed by atoms with Gasteiger partial charge in [0.1, 0.15) is 5.75 Å². The maximum atomic E-state index is 12.3. The van der Waals surface area contributed by atoms with Gasteiger partial charge in [0, 0.05) is 45.8 Å². The minimum Gasteiger partial charge on any atom is -0.482 e. The van der Waals surface area contributed by atoms with E-state index in [1.165, 1.54) is 0 Å².